The summed E-state index contributed by atoms with van der Waals surface area (Å²) >= 11 is 0. The van der Waals surface area contributed by atoms with E-state index in [2.05, 4.69) is 55.1 Å². The zero-order valence-electron chi connectivity index (χ0n) is 81.5. The second kappa shape index (κ2) is 44.8. The van der Waals surface area contributed by atoms with Crippen LogP contribution >= 0.6 is 0 Å². The molecule has 143 heavy (non-hydrogen) atoms. The molecule has 3 saturated heterocycles. The number of amides is 6. The second-order valence-corrected chi connectivity index (χ2v) is 43.1. The average Bonchev–Trinajstić information content (AvgIpc) is 1.64. The minimum absolute atomic E-state index is 0. The predicted molar refractivity (Wildman–Crippen MR) is 483 cm³/mol. The van der Waals surface area contributed by atoms with Crippen LogP contribution in [0.1, 0.15) is 222 Å². The number of nitrogens with zero attached hydrogens (tertiary/aromatic N) is 9. The van der Waals surface area contributed by atoms with Gasteiger partial charge in [-0.2, -0.15) is 43.9 Å². The molecular weight excluding hydrogens is 2000 g/mol. The smallest absolute Gasteiger partial charge is 0.408 e. The molecule has 6 bridgehead atoms. The first-order chi connectivity index (χ1) is 66.3. The summed E-state index contributed by atoms with van der Waals surface area (Å²) in [5, 5.41) is 8.36. The summed E-state index contributed by atoms with van der Waals surface area (Å²) in [4.78, 5) is 149. The topological polar surface area (TPSA) is 360 Å². The Morgan fingerprint density at radius 3 is 1.06 bits per heavy atom. The van der Waals surface area contributed by atoms with Crippen molar-refractivity contribution in [1.82, 2.24) is 60.6 Å². The van der Waals surface area contributed by atoms with Crippen molar-refractivity contribution in [2.75, 3.05) is 19.6 Å². The fraction of sp³-hybridized carbons (Fsp3) is 0.670. The van der Waals surface area contributed by atoms with Crippen molar-refractivity contribution >= 4 is 88.0 Å². The molecule has 30 nitrogen and oxygen atoms in total. The number of benzene rings is 3. The molecular formula is C100H121F10N12O18V3-3. The Morgan fingerprint density at radius 2 is 0.720 bits per heavy atom. The van der Waals surface area contributed by atoms with E-state index in [4.69, 9.17) is 33.4 Å². The standard InChI is InChI=1S/C34H41F4N4O6.C33H39F4N4O6.C33H41F2N4O6.3V/c1-5-19-24(16-43)42-15-26(19)47-29-27(39-22-10-9-18(46-31(35)36)14-23(22)40-29)34(37,38)11-7-6-8-20-21-12-17(21)13-25(20)48-32(45)41-28(30(42)44)33(2,3)4;1-16-23(15-42)41-14-25(16)46-28-26(38-21-9-8-18(45-30(34)35)13-22(21)39-28)33(36,37)10-6-5-7-19-20-11-17(20)12-24(19)47-31(44)40-27(29(41)43)32(2,3)4;1-17-25(16-40)39-15-27(17)44-29-23(36-22-11-10-19(43-31(34)35)14-24(22)37-29)9-7-5-6-8-20-21-12-18(21)13-26(20)45-32(42)38-28(30(39)41)33(2,3)4;;;/h9-10,14,17,19-21,24-26,28,31H,5-8,11-13,15H2,1-4H3,(H,41,45);8-9,13,16-17,19-20,23-25,27,30H,5-7,10-12,14H2,1-4H3,(H,40,44);10-11,14,17-18,20-21,25-28,31H,5-9,12-13,15H2,1-4H3,(H,38,42);;;/q3*-1;;;/t17?,19-,20+,21?,24+,25+,26-,28+;16-,17?,19+,20?,23+,24+,25-,27+;17-,18?,20+,21?,25+,26+,27-,28+;;;/m000.../s1. The zero-order chi connectivity index (χ0) is 100. The van der Waals surface area contributed by atoms with Crippen molar-refractivity contribution < 1.29 is 185 Å². The van der Waals surface area contributed by atoms with Crippen molar-refractivity contribution in [3.63, 3.8) is 0 Å². The molecule has 9 fully saturated rings. The van der Waals surface area contributed by atoms with Crippen LogP contribution in [0.5, 0.6) is 34.9 Å². The van der Waals surface area contributed by atoms with Gasteiger partial charge in [0.05, 0.1) is 52.7 Å². The molecule has 6 aliphatic heterocycles. The van der Waals surface area contributed by atoms with Gasteiger partial charge < -0.3 is 87.7 Å². The SMILES string of the molecule is CC[C@@H]1[C@@H]2CN(C(=O)[C@H](C(C)(C)C)NC(=O)O[C@@H]3CC4CC4[C@H]3CCCCC(F)(F)c3nc4ccc(OC(F)F)cc4nc3O2)[C@@H]1[C-]=O.C[C@@H]1[C@@H]2CN(C(=O)[C@H](C(C)(C)C)NC(=O)O[C@@H]3CC4CC4[C@H]3CCCCC(F)(F)c3nc4ccc(OC(F)F)cc4nc3O2)[C@@H]1[C-]=O.C[C@@H]1[C@@H]2CN(C(=O)[C@H](C(C)(C)C)NC(=O)O[C@@H]3CC4CC4[C@H]3CCCCCc3nc4ccc(OC(F)F)cc4nc3O2)[C@@H]1[C-]=O.[V].[V].[V]. The van der Waals surface area contributed by atoms with Crippen molar-refractivity contribution in [3.8, 4) is 34.9 Å². The fourth-order valence-corrected chi connectivity index (χ4v) is 22.7. The van der Waals surface area contributed by atoms with Crippen molar-refractivity contribution in [3.05, 3.63) is 71.7 Å². The number of aromatic nitrogens is 6. The molecule has 3 aromatic heterocycles. The van der Waals surface area contributed by atoms with Crippen LogP contribution in [0.4, 0.5) is 58.3 Å². The number of fused-ring (bicyclic) bond motifs is 21. The van der Waals surface area contributed by atoms with Crippen LogP contribution in [0.25, 0.3) is 33.1 Å². The first kappa shape index (κ1) is 111. The fourth-order valence-electron chi connectivity index (χ4n) is 22.7. The van der Waals surface area contributed by atoms with E-state index in [0.717, 1.165) is 57.1 Å². The quantitative estimate of drug-likeness (QED) is 0.0651. The third-order valence-electron chi connectivity index (χ3n) is 30.4. The van der Waals surface area contributed by atoms with Crippen molar-refractivity contribution in [2.24, 2.45) is 87.3 Å². The van der Waals surface area contributed by atoms with E-state index >= 15 is 17.6 Å². The number of alkyl carbamates (subject to hydrolysis) is 3. The summed E-state index contributed by atoms with van der Waals surface area (Å²) < 4.78 is 192. The number of ether oxygens (including phenoxy) is 9. The van der Waals surface area contributed by atoms with E-state index in [1.165, 1.54) is 57.5 Å². The maximum Gasteiger partial charge on any atom is 0.408 e. The number of carbonyl (C=O) groups is 6. The summed E-state index contributed by atoms with van der Waals surface area (Å²) in [6.45, 7) is 11.9. The Bertz CT molecular complexity index is 5620. The van der Waals surface area contributed by atoms with Gasteiger partial charge in [-0.3, -0.25) is 14.4 Å². The molecule has 12 aliphatic rings. The van der Waals surface area contributed by atoms with Gasteiger partial charge in [-0.25, -0.2) is 63.1 Å². The second-order valence-electron chi connectivity index (χ2n) is 43.1. The largest absolute Gasteiger partial charge is 0.540 e. The van der Waals surface area contributed by atoms with Gasteiger partial charge in [-0.05, 0) is 207 Å². The molecule has 3 radical (unpaired) electrons. The summed E-state index contributed by atoms with van der Waals surface area (Å²) in [5.41, 5.74) is -2.19. The van der Waals surface area contributed by atoms with E-state index in [1.54, 1.807) is 68.4 Å². The maximum absolute atomic E-state index is 16.1. The Morgan fingerprint density at radius 1 is 0.399 bits per heavy atom. The average molecular weight is 2120 g/mol. The molecule has 43 heteroatoms. The van der Waals surface area contributed by atoms with Crippen LogP contribution in [0.2, 0.25) is 0 Å². The van der Waals surface area contributed by atoms with E-state index in [9.17, 15) is 69.5 Å². The van der Waals surface area contributed by atoms with Gasteiger partial charge in [0.2, 0.25) is 35.4 Å². The first-order valence-electron chi connectivity index (χ1n) is 48.8. The predicted octanol–water partition coefficient (Wildman–Crippen LogP) is 17.1. The Hall–Kier alpha value is -9.24. The van der Waals surface area contributed by atoms with Gasteiger partial charge >= 0.3 is 38.1 Å². The van der Waals surface area contributed by atoms with E-state index < -0.39 is 192 Å². The van der Waals surface area contributed by atoms with E-state index in [-0.39, 0.29) is 163 Å². The van der Waals surface area contributed by atoms with Gasteiger partial charge in [0.15, 0.2) is 11.4 Å². The van der Waals surface area contributed by atoms with Crippen LogP contribution in [-0.4, -0.2) is 212 Å². The minimum atomic E-state index is -3.49. The molecule has 6 unspecified atom stereocenters. The molecule has 6 saturated carbocycles. The van der Waals surface area contributed by atoms with Crippen LogP contribution in [0.3, 0.4) is 0 Å². The van der Waals surface area contributed by atoms with E-state index in [0.29, 0.717) is 110 Å². The Labute approximate surface area is 858 Å². The number of aryl methyl sites for hydroxylation is 1. The molecule has 6 aromatic rings. The number of nitrogens with one attached hydrogen (secondary N) is 3. The number of halogens is 10. The molecule has 777 valence electrons. The first-order valence-corrected chi connectivity index (χ1v) is 48.8. The van der Waals surface area contributed by atoms with Crippen LogP contribution in [-0.2, 0) is 117 Å². The molecule has 18 rings (SSSR count). The summed E-state index contributed by atoms with van der Waals surface area (Å²) in [7, 11) is 0. The monoisotopic (exact) mass is 2120 g/mol. The van der Waals surface area contributed by atoms with Crippen LogP contribution in [0.15, 0.2) is 54.6 Å². The van der Waals surface area contributed by atoms with Gasteiger partial charge in [-0.15, -0.1) is 0 Å². The third-order valence-corrected chi connectivity index (χ3v) is 30.4. The summed E-state index contributed by atoms with van der Waals surface area (Å²) in [6.07, 6.45) is 11.5. The number of hydrogen-bond acceptors (Lipinski definition) is 24. The van der Waals surface area contributed by atoms with E-state index in [1.807, 2.05) is 39.6 Å². The molecule has 24 atom stereocenters. The number of rotatable bonds is 10. The van der Waals surface area contributed by atoms with Crippen LogP contribution < -0.4 is 44.4 Å². The third kappa shape index (κ3) is 24.9. The summed E-state index contributed by atoms with van der Waals surface area (Å²) in [5.74, 6) is -8.58. The number of alkyl halides is 10. The molecule has 6 amide bonds. The molecule has 3 aromatic carbocycles. The summed E-state index contributed by atoms with van der Waals surface area (Å²) in [6, 6.07) is 5.40. The number of hydrogen-bond donors (Lipinski definition) is 3. The zero-order valence-corrected chi connectivity index (χ0v) is 85.7. The maximum atomic E-state index is 16.1. The Balaban J connectivity index is 0.000000178. The number of carbonyl (C=O) groups excluding carboxylic acids is 9. The van der Waals surface area contributed by atoms with Gasteiger partial charge in [0, 0.05) is 86.7 Å². The Kier molecular flexibility index (Phi) is 34.8. The van der Waals surface area contributed by atoms with Crippen molar-refractivity contribution in [2.45, 2.75) is 316 Å². The molecule has 9 heterocycles. The molecule has 3 N–H and O–H groups in total. The molecule has 0 spiro atoms. The van der Waals surface area contributed by atoms with Gasteiger partial charge in [0.25, 0.3) is 11.8 Å². The normalized spacial score (nSPS) is 31.7. The van der Waals surface area contributed by atoms with Gasteiger partial charge in [-0.1, -0.05) is 133 Å². The van der Waals surface area contributed by atoms with Crippen LogP contribution in [0, 0.1) is 87.3 Å². The van der Waals surface area contributed by atoms with Gasteiger partial charge in [0.1, 0.15) is 77.7 Å². The molecule has 6 aliphatic carbocycles. The van der Waals surface area contributed by atoms with Crippen molar-refractivity contribution in [1.29, 1.82) is 0 Å². The minimum Gasteiger partial charge on any atom is -0.540 e.